The molecule has 1 aromatic heterocycles. The van der Waals surface area contributed by atoms with Gasteiger partial charge in [-0.25, -0.2) is 0 Å². The fraction of sp³-hybridized carbons (Fsp3) is 0.333. The first-order valence-corrected chi connectivity index (χ1v) is 6.68. The summed E-state index contributed by atoms with van der Waals surface area (Å²) in [5.74, 6) is 0.605. The molecule has 20 heavy (non-hydrogen) atoms. The maximum atomic E-state index is 12.0. The summed E-state index contributed by atoms with van der Waals surface area (Å²) in [7, 11) is 1.62. The van der Waals surface area contributed by atoms with Crippen molar-refractivity contribution in [2.45, 2.75) is 26.3 Å². The molecule has 1 heterocycles. The lowest BCUT2D eigenvalue weighted by Gasteiger charge is -2.05. The van der Waals surface area contributed by atoms with Gasteiger partial charge in [-0.3, -0.25) is 9.89 Å². The second-order valence-corrected chi connectivity index (χ2v) is 4.56. The van der Waals surface area contributed by atoms with Crippen molar-refractivity contribution in [3.05, 3.63) is 47.3 Å². The van der Waals surface area contributed by atoms with Crippen molar-refractivity contribution in [1.82, 2.24) is 15.5 Å². The quantitative estimate of drug-likeness (QED) is 0.848. The van der Waals surface area contributed by atoms with E-state index < -0.39 is 0 Å². The van der Waals surface area contributed by atoms with Gasteiger partial charge in [-0.2, -0.15) is 5.10 Å². The van der Waals surface area contributed by atoms with Crippen LogP contribution in [-0.4, -0.2) is 23.2 Å². The van der Waals surface area contributed by atoms with E-state index >= 15 is 0 Å². The standard InChI is InChI=1S/C15H19N3O2/c1-3-5-12-9-14(18-17-12)15(19)16-10-11-6-4-7-13(8-11)20-2/h4,6-9H,3,5,10H2,1-2H3,(H,16,19)(H,17,18). The minimum atomic E-state index is -0.175. The van der Waals surface area contributed by atoms with E-state index in [0.717, 1.165) is 29.8 Å². The average molecular weight is 273 g/mol. The summed E-state index contributed by atoms with van der Waals surface area (Å²) in [6.07, 6.45) is 1.92. The van der Waals surface area contributed by atoms with Gasteiger partial charge < -0.3 is 10.1 Å². The van der Waals surface area contributed by atoms with E-state index in [1.807, 2.05) is 24.3 Å². The molecule has 0 unspecified atom stereocenters. The first-order chi connectivity index (χ1) is 9.72. The van der Waals surface area contributed by atoms with E-state index in [1.165, 1.54) is 0 Å². The van der Waals surface area contributed by atoms with Crippen LogP contribution in [0.2, 0.25) is 0 Å². The number of rotatable bonds is 6. The van der Waals surface area contributed by atoms with Crippen LogP contribution in [0.4, 0.5) is 0 Å². The lowest BCUT2D eigenvalue weighted by atomic mass is 10.2. The highest BCUT2D eigenvalue weighted by Gasteiger charge is 2.09. The van der Waals surface area contributed by atoms with Crippen LogP contribution in [0.5, 0.6) is 5.75 Å². The number of benzene rings is 1. The van der Waals surface area contributed by atoms with Gasteiger partial charge in [0.25, 0.3) is 5.91 Å². The predicted molar refractivity (Wildman–Crippen MR) is 76.7 cm³/mol. The average Bonchev–Trinajstić information content (AvgIpc) is 2.94. The number of carbonyl (C=O) groups excluding carboxylic acids is 1. The number of H-pyrrole nitrogens is 1. The van der Waals surface area contributed by atoms with Crippen LogP contribution in [0.1, 0.15) is 35.1 Å². The number of amides is 1. The number of aryl methyl sites for hydroxylation is 1. The van der Waals surface area contributed by atoms with Crippen molar-refractivity contribution in [1.29, 1.82) is 0 Å². The second kappa shape index (κ2) is 6.75. The lowest BCUT2D eigenvalue weighted by Crippen LogP contribution is -2.23. The lowest BCUT2D eigenvalue weighted by molar-refractivity contribution is 0.0946. The van der Waals surface area contributed by atoms with Gasteiger partial charge in [0.05, 0.1) is 7.11 Å². The Morgan fingerprint density at radius 1 is 1.40 bits per heavy atom. The molecule has 0 bridgehead atoms. The topological polar surface area (TPSA) is 67.0 Å². The SMILES string of the molecule is CCCc1cc(C(=O)NCc2cccc(OC)c2)n[nH]1. The Morgan fingerprint density at radius 3 is 3.00 bits per heavy atom. The Bertz CT molecular complexity index is 578. The number of nitrogens with one attached hydrogen (secondary N) is 2. The molecule has 0 aliphatic carbocycles. The Balaban J connectivity index is 1.93. The number of ether oxygens (including phenoxy) is 1. The van der Waals surface area contributed by atoms with Crippen molar-refractivity contribution < 1.29 is 9.53 Å². The first kappa shape index (κ1) is 14.1. The molecule has 0 aliphatic rings. The van der Waals surface area contributed by atoms with Gasteiger partial charge in [-0.15, -0.1) is 0 Å². The summed E-state index contributed by atoms with van der Waals surface area (Å²) < 4.78 is 5.15. The smallest absolute Gasteiger partial charge is 0.272 e. The van der Waals surface area contributed by atoms with Gasteiger partial charge in [0, 0.05) is 12.2 Å². The van der Waals surface area contributed by atoms with Gasteiger partial charge in [0.15, 0.2) is 0 Å². The monoisotopic (exact) mass is 273 g/mol. The van der Waals surface area contributed by atoms with Crippen LogP contribution >= 0.6 is 0 Å². The minimum Gasteiger partial charge on any atom is -0.497 e. The third-order valence-corrected chi connectivity index (χ3v) is 2.97. The van der Waals surface area contributed by atoms with Gasteiger partial charge in [0.1, 0.15) is 11.4 Å². The first-order valence-electron chi connectivity index (χ1n) is 6.68. The van der Waals surface area contributed by atoms with Gasteiger partial charge in [-0.05, 0) is 30.2 Å². The molecule has 0 aliphatic heterocycles. The molecule has 2 rings (SSSR count). The zero-order valence-electron chi connectivity index (χ0n) is 11.8. The zero-order chi connectivity index (χ0) is 14.4. The summed E-state index contributed by atoms with van der Waals surface area (Å²) in [4.78, 5) is 12.0. The number of nitrogens with zero attached hydrogens (tertiary/aromatic N) is 1. The van der Waals surface area contributed by atoms with E-state index in [0.29, 0.717) is 12.2 Å². The summed E-state index contributed by atoms with van der Waals surface area (Å²) in [6.45, 7) is 2.54. The van der Waals surface area contributed by atoms with Crippen LogP contribution in [0.25, 0.3) is 0 Å². The van der Waals surface area contributed by atoms with E-state index in [1.54, 1.807) is 13.2 Å². The van der Waals surface area contributed by atoms with Crippen LogP contribution in [-0.2, 0) is 13.0 Å². The van der Waals surface area contributed by atoms with Crippen molar-refractivity contribution in [2.75, 3.05) is 7.11 Å². The summed E-state index contributed by atoms with van der Waals surface area (Å²) in [6, 6.07) is 9.40. The molecule has 0 spiro atoms. The fourth-order valence-corrected chi connectivity index (χ4v) is 1.93. The Kier molecular flexibility index (Phi) is 4.76. The van der Waals surface area contributed by atoms with Crippen molar-refractivity contribution in [3.63, 3.8) is 0 Å². The normalized spacial score (nSPS) is 10.3. The van der Waals surface area contributed by atoms with E-state index in [4.69, 9.17) is 4.74 Å². The maximum absolute atomic E-state index is 12.0. The number of carbonyl (C=O) groups is 1. The summed E-state index contributed by atoms with van der Waals surface area (Å²) in [5.41, 5.74) is 2.40. The fourth-order valence-electron chi connectivity index (χ4n) is 1.93. The molecule has 2 aromatic rings. The van der Waals surface area contributed by atoms with E-state index in [-0.39, 0.29) is 5.91 Å². The van der Waals surface area contributed by atoms with Crippen molar-refractivity contribution in [2.24, 2.45) is 0 Å². The number of hydrogen-bond acceptors (Lipinski definition) is 3. The van der Waals surface area contributed by atoms with Crippen molar-refractivity contribution in [3.8, 4) is 5.75 Å². The molecule has 106 valence electrons. The molecule has 5 nitrogen and oxygen atoms in total. The highest BCUT2D eigenvalue weighted by atomic mass is 16.5. The Morgan fingerprint density at radius 2 is 2.25 bits per heavy atom. The van der Waals surface area contributed by atoms with E-state index in [9.17, 15) is 4.79 Å². The highest BCUT2D eigenvalue weighted by Crippen LogP contribution is 2.12. The molecule has 0 fully saturated rings. The predicted octanol–water partition coefficient (Wildman–Crippen LogP) is 2.30. The summed E-state index contributed by atoms with van der Waals surface area (Å²) in [5, 5.41) is 9.74. The van der Waals surface area contributed by atoms with Crippen LogP contribution in [0, 0.1) is 0 Å². The minimum absolute atomic E-state index is 0.175. The third kappa shape index (κ3) is 3.60. The molecule has 2 N–H and O–H groups in total. The molecule has 1 aromatic carbocycles. The van der Waals surface area contributed by atoms with Crippen LogP contribution < -0.4 is 10.1 Å². The second-order valence-electron chi connectivity index (χ2n) is 4.56. The largest absolute Gasteiger partial charge is 0.497 e. The molecule has 0 atom stereocenters. The number of aromatic nitrogens is 2. The molecule has 1 amide bonds. The molecular weight excluding hydrogens is 254 g/mol. The third-order valence-electron chi connectivity index (χ3n) is 2.97. The molecule has 0 saturated heterocycles. The van der Waals surface area contributed by atoms with Gasteiger partial charge in [-0.1, -0.05) is 25.5 Å². The van der Waals surface area contributed by atoms with E-state index in [2.05, 4.69) is 22.4 Å². The molecule has 0 saturated carbocycles. The highest BCUT2D eigenvalue weighted by molar-refractivity contribution is 5.92. The summed E-state index contributed by atoms with van der Waals surface area (Å²) >= 11 is 0. The molecular formula is C15H19N3O2. The number of hydrogen-bond donors (Lipinski definition) is 2. The van der Waals surface area contributed by atoms with Gasteiger partial charge >= 0.3 is 0 Å². The zero-order valence-corrected chi connectivity index (χ0v) is 11.8. The van der Waals surface area contributed by atoms with Crippen LogP contribution in [0.15, 0.2) is 30.3 Å². The number of methoxy groups -OCH3 is 1. The van der Waals surface area contributed by atoms with Crippen LogP contribution in [0.3, 0.4) is 0 Å². The van der Waals surface area contributed by atoms with Crippen molar-refractivity contribution >= 4 is 5.91 Å². The molecule has 5 heteroatoms. The Labute approximate surface area is 118 Å². The molecule has 0 radical (unpaired) electrons. The Hall–Kier alpha value is -2.30. The maximum Gasteiger partial charge on any atom is 0.272 e. The van der Waals surface area contributed by atoms with Gasteiger partial charge in [0.2, 0.25) is 0 Å². The number of aromatic amines is 1.